The Hall–Kier alpha value is -0.640. The number of thiophene rings is 1. The Morgan fingerprint density at radius 2 is 1.81 bits per heavy atom. The lowest BCUT2D eigenvalue weighted by atomic mass is 9.79. The van der Waals surface area contributed by atoms with Gasteiger partial charge in [-0.05, 0) is 46.1 Å². The van der Waals surface area contributed by atoms with Crippen LogP contribution in [0, 0.1) is 5.92 Å². The number of hydrogen-bond acceptors (Lipinski definition) is 2. The van der Waals surface area contributed by atoms with Gasteiger partial charge < -0.3 is 5.32 Å². The fraction of sp³-hybridized carbons (Fsp3) is 0.444. The fourth-order valence-corrected chi connectivity index (χ4v) is 4.45. The normalized spacial score (nSPS) is 15.6. The van der Waals surface area contributed by atoms with E-state index in [2.05, 4.69) is 84.5 Å². The third-order valence-corrected chi connectivity index (χ3v) is 5.83. The van der Waals surface area contributed by atoms with Gasteiger partial charge in [0.2, 0.25) is 0 Å². The molecule has 0 fully saturated rings. The van der Waals surface area contributed by atoms with Crippen LogP contribution >= 0.6 is 27.3 Å². The van der Waals surface area contributed by atoms with Crippen LogP contribution in [0.5, 0.6) is 0 Å². The molecule has 0 aliphatic carbocycles. The van der Waals surface area contributed by atoms with Gasteiger partial charge in [-0.2, -0.15) is 0 Å². The molecule has 3 unspecified atom stereocenters. The summed E-state index contributed by atoms with van der Waals surface area (Å²) in [6, 6.07) is 15.7. The lowest BCUT2D eigenvalue weighted by Gasteiger charge is -2.32. The summed E-state index contributed by atoms with van der Waals surface area (Å²) in [5, 5.41) is 3.72. The van der Waals surface area contributed by atoms with E-state index in [9.17, 15) is 0 Å². The first kappa shape index (κ1) is 16.7. The van der Waals surface area contributed by atoms with Crippen molar-refractivity contribution in [2.45, 2.75) is 39.2 Å². The van der Waals surface area contributed by atoms with Crippen molar-refractivity contribution in [3.63, 3.8) is 0 Å². The number of likely N-dealkylation sites (N-methyl/N-ethyl adjacent to an activating group) is 1. The van der Waals surface area contributed by atoms with Gasteiger partial charge in [0.1, 0.15) is 0 Å². The zero-order chi connectivity index (χ0) is 15.2. The number of benzene rings is 1. The van der Waals surface area contributed by atoms with E-state index in [1.807, 2.05) is 11.3 Å². The van der Waals surface area contributed by atoms with Gasteiger partial charge in [-0.3, -0.25) is 0 Å². The van der Waals surface area contributed by atoms with Crippen LogP contribution in [-0.2, 0) is 0 Å². The Kier molecular flexibility index (Phi) is 6.46. The van der Waals surface area contributed by atoms with Gasteiger partial charge in [0.15, 0.2) is 0 Å². The largest absolute Gasteiger partial charge is 0.309 e. The van der Waals surface area contributed by atoms with E-state index >= 15 is 0 Å². The molecular formula is C18H24BrNS. The van der Waals surface area contributed by atoms with E-state index in [-0.39, 0.29) is 0 Å². The molecule has 3 atom stereocenters. The molecule has 1 N–H and O–H groups in total. The first-order chi connectivity index (χ1) is 10.2. The van der Waals surface area contributed by atoms with E-state index in [1.54, 1.807) is 0 Å². The summed E-state index contributed by atoms with van der Waals surface area (Å²) >= 11 is 5.44. The topological polar surface area (TPSA) is 12.0 Å². The zero-order valence-electron chi connectivity index (χ0n) is 13.0. The van der Waals surface area contributed by atoms with Gasteiger partial charge in [0.05, 0.1) is 3.79 Å². The molecule has 0 aliphatic heterocycles. The molecule has 0 saturated carbocycles. The minimum absolute atomic E-state index is 0.378. The Morgan fingerprint density at radius 3 is 2.33 bits per heavy atom. The zero-order valence-corrected chi connectivity index (χ0v) is 15.4. The third-order valence-electron chi connectivity index (χ3n) is 4.13. The predicted molar refractivity (Wildman–Crippen MR) is 97.1 cm³/mol. The molecule has 0 radical (unpaired) electrons. The Balaban J connectivity index is 2.40. The van der Waals surface area contributed by atoms with E-state index in [0.717, 1.165) is 6.54 Å². The molecule has 114 valence electrons. The van der Waals surface area contributed by atoms with Gasteiger partial charge in [0, 0.05) is 16.8 Å². The molecule has 2 rings (SSSR count). The minimum Gasteiger partial charge on any atom is -0.309 e. The predicted octanol–water partition coefficient (Wildman–Crippen LogP) is 5.99. The van der Waals surface area contributed by atoms with Crippen molar-refractivity contribution in [1.29, 1.82) is 0 Å². The van der Waals surface area contributed by atoms with Gasteiger partial charge in [-0.25, -0.2) is 0 Å². The summed E-state index contributed by atoms with van der Waals surface area (Å²) in [4.78, 5) is 1.41. The van der Waals surface area contributed by atoms with Gasteiger partial charge in [0.25, 0.3) is 0 Å². The lowest BCUT2D eigenvalue weighted by molar-refractivity contribution is 0.347. The van der Waals surface area contributed by atoms with E-state index < -0.39 is 0 Å². The molecule has 3 heteroatoms. The van der Waals surface area contributed by atoms with Crippen LogP contribution in [0.1, 0.15) is 49.6 Å². The Bertz CT molecular complexity index is 537. The molecule has 0 bridgehead atoms. The van der Waals surface area contributed by atoms with Crippen LogP contribution in [0.15, 0.2) is 46.3 Å². The summed E-state index contributed by atoms with van der Waals surface area (Å²) in [5.74, 6) is 1.14. The Labute approximate surface area is 140 Å². The SMILES string of the molecule is CCNC(c1ccc(Br)s1)C(c1ccccc1)C(C)CC. The van der Waals surface area contributed by atoms with Crippen molar-refractivity contribution in [2.75, 3.05) is 6.54 Å². The first-order valence-electron chi connectivity index (χ1n) is 7.70. The van der Waals surface area contributed by atoms with E-state index in [1.165, 1.54) is 20.6 Å². The van der Waals surface area contributed by atoms with Crippen LogP contribution in [-0.4, -0.2) is 6.54 Å². The van der Waals surface area contributed by atoms with Crippen molar-refractivity contribution in [3.8, 4) is 0 Å². The van der Waals surface area contributed by atoms with Gasteiger partial charge in [-0.15, -0.1) is 11.3 Å². The smallest absolute Gasteiger partial charge is 0.0701 e. The van der Waals surface area contributed by atoms with Crippen molar-refractivity contribution in [2.24, 2.45) is 5.92 Å². The van der Waals surface area contributed by atoms with Gasteiger partial charge in [-0.1, -0.05) is 57.5 Å². The van der Waals surface area contributed by atoms with Crippen LogP contribution in [0.4, 0.5) is 0 Å². The Morgan fingerprint density at radius 1 is 1.10 bits per heavy atom. The minimum atomic E-state index is 0.378. The van der Waals surface area contributed by atoms with Crippen molar-refractivity contribution in [3.05, 3.63) is 56.7 Å². The van der Waals surface area contributed by atoms with Crippen molar-refractivity contribution >= 4 is 27.3 Å². The fourth-order valence-electron chi connectivity index (χ4n) is 2.90. The molecule has 1 heterocycles. The highest BCUT2D eigenvalue weighted by Crippen LogP contribution is 2.41. The average Bonchev–Trinajstić information content (AvgIpc) is 2.94. The van der Waals surface area contributed by atoms with Gasteiger partial charge >= 0.3 is 0 Å². The average molecular weight is 366 g/mol. The summed E-state index contributed by atoms with van der Waals surface area (Å²) in [6.07, 6.45) is 1.19. The molecule has 21 heavy (non-hydrogen) atoms. The first-order valence-corrected chi connectivity index (χ1v) is 9.31. The number of nitrogens with one attached hydrogen (secondary N) is 1. The number of rotatable bonds is 7. The highest BCUT2D eigenvalue weighted by molar-refractivity contribution is 9.11. The third kappa shape index (κ3) is 4.18. The maximum atomic E-state index is 3.72. The van der Waals surface area contributed by atoms with Crippen LogP contribution in [0.2, 0.25) is 0 Å². The van der Waals surface area contributed by atoms with Crippen LogP contribution in [0.25, 0.3) is 0 Å². The molecule has 1 aromatic carbocycles. The van der Waals surface area contributed by atoms with Crippen molar-refractivity contribution < 1.29 is 0 Å². The summed E-state index contributed by atoms with van der Waals surface area (Å²) in [7, 11) is 0. The lowest BCUT2D eigenvalue weighted by Crippen LogP contribution is -2.29. The standard InChI is InChI=1S/C18H24BrNS/c1-4-13(3)17(14-9-7-6-8-10-14)18(20-5-2)15-11-12-16(19)21-15/h6-13,17-18,20H,4-5H2,1-3H3. The van der Waals surface area contributed by atoms with Crippen LogP contribution < -0.4 is 5.32 Å². The monoisotopic (exact) mass is 365 g/mol. The number of halogens is 1. The van der Waals surface area contributed by atoms with Crippen LogP contribution in [0.3, 0.4) is 0 Å². The second-order valence-electron chi connectivity index (χ2n) is 5.50. The molecule has 2 aromatic rings. The quantitative estimate of drug-likeness (QED) is 0.635. The second kappa shape index (κ2) is 8.11. The molecule has 0 amide bonds. The maximum Gasteiger partial charge on any atom is 0.0701 e. The molecule has 0 spiro atoms. The summed E-state index contributed by atoms with van der Waals surface area (Å²) in [5.41, 5.74) is 1.43. The summed E-state index contributed by atoms with van der Waals surface area (Å²) in [6.45, 7) is 7.83. The second-order valence-corrected chi connectivity index (χ2v) is 7.99. The maximum absolute atomic E-state index is 3.72. The molecule has 0 saturated heterocycles. The summed E-state index contributed by atoms with van der Waals surface area (Å²) < 4.78 is 1.20. The highest BCUT2D eigenvalue weighted by Gasteiger charge is 2.29. The molecular weight excluding hydrogens is 342 g/mol. The van der Waals surface area contributed by atoms with E-state index in [4.69, 9.17) is 0 Å². The molecule has 1 aromatic heterocycles. The van der Waals surface area contributed by atoms with Crippen molar-refractivity contribution in [1.82, 2.24) is 5.32 Å². The molecule has 0 aliphatic rings. The highest BCUT2D eigenvalue weighted by atomic mass is 79.9. The number of hydrogen-bond donors (Lipinski definition) is 1. The molecule has 1 nitrogen and oxygen atoms in total. The van der Waals surface area contributed by atoms with E-state index in [0.29, 0.717) is 17.9 Å².